The molecule has 2 heterocycles. The molecule has 8 nitrogen and oxygen atoms in total. The number of carbonyl (C=O) groups is 3. The molecule has 0 saturated heterocycles. The van der Waals surface area contributed by atoms with E-state index in [0.717, 1.165) is 11.3 Å². The summed E-state index contributed by atoms with van der Waals surface area (Å²) in [6.45, 7) is 3.84. The van der Waals surface area contributed by atoms with Crippen LogP contribution in [0.15, 0.2) is 22.8 Å². The third kappa shape index (κ3) is 4.68. The van der Waals surface area contributed by atoms with Crippen LogP contribution in [0.5, 0.6) is 0 Å². The Balaban J connectivity index is 2.08. The maximum atomic E-state index is 12.1. The summed E-state index contributed by atoms with van der Waals surface area (Å²) >= 11 is 0.954. The number of furan rings is 1. The van der Waals surface area contributed by atoms with Gasteiger partial charge in [0, 0.05) is 0 Å². The number of primary amides is 1. The molecule has 2 rings (SSSR count). The first-order chi connectivity index (χ1) is 11.9. The molecule has 0 radical (unpaired) electrons. The van der Waals surface area contributed by atoms with E-state index >= 15 is 0 Å². The second kappa shape index (κ2) is 8.45. The van der Waals surface area contributed by atoms with Gasteiger partial charge in [0.2, 0.25) is 5.91 Å². The molecule has 0 spiro atoms. The number of rotatable bonds is 8. The molecule has 0 aromatic carbocycles. The third-order valence-corrected chi connectivity index (χ3v) is 4.49. The smallest absolute Gasteiger partial charge is 0.341 e. The van der Waals surface area contributed by atoms with Crippen molar-refractivity contribution in [1.29, 1.82) is 0 Å². The first kappa shape index (κ1) is 18.7. The van der Waals surface area contributed by atoms with Gasteiger partial charge in [0.1, 0.15) is 10.8 Å². The first-order valence-corrected chi connectivity index (χ1v) is 8.39. The van der Waals surface area contributed by atoms with Gasteiger partial charge >= 0.3 is 5.97 Å². The van der Waals surface area contributed by atoms with Gasteiger partial charge in [-0.2, -0.15) is 0 Å². The van der Waals surface area contributed by atoms with E-state index in [1.165, 1.54) is 0 Å². The number of ether oxygens (including phenoxy) is 1. The average Bonchev–Trinajstić information content (AvgIpc) is 3.15. The molecule has 4 N–H and O–H groups in total. The van der Waals surface area contributed by atoms with Crippen LogP contribution in [0.4, 0.5) is 5.00 Å². The van der Waals surface area contributed by atoms with Crippen LogP contribution in [-0.2, 0) is 16.1 Å². The van der Waals surface area contributed by atoms with Crippen LogP contribution in [0.3, 0.4) is 0 Å². The van der Waals surface area contributed by atoms with Gasteiger partial charge in [0.15, 0.2) is 0 Å². The zero-order valence-electron chi connectivity index (χ0n) is 13.9. The predicted octanol–water partition coefficient (Wildman–Crippen LogP) is 1.65. The van der Waals surface area contributed by atoms with Gasteiger partial charge in [-0.05, 0) is 31.5 Å². The Morgan fingerprint density at radius 3 is 2.72 bits per heavy atom. The molecule has 0 atom stereocenters. The summed E-state index contributed by atoms with van der Waals surface area (Å²) in [6, 6.07) is 3.54. The highest BCUT2D eigenvalue weighted by Gasteiger charge is 2.25. The maximum absolute atomic E-state index is 12.1. The molecular weight excluding hydrogens is 346 g/mol. The van der Waals surface area contributed by atoms with Crippen molar-refractivity contribution in [2.75, 3.05) is 18.5 Å². The fourth-order valence-electron chi connectivity index (χ4n) is 2.17. The van der Waals surface area contributed by atoms with Crippen molar-refractivity contribution in [2.45, 2.75) is 20.4 Å². The molecule has 134 valence electrons. The van der Waals surface area contributed by atoms with Gasteiger partial charge in [-0.15, -0.1) is 11.3 Å². The average molecular weight is 365 g/mol. The number of esters is 1. The monoisotopic (exact) mass is 365 g/mol. The van der Waals surface area contributed by atoms with Gasteiger partial charge < -0.3 is 25.5 Å². The lowest BCUT2D eigenvalue weighted by Gasteiger charge is -2.07. The largest absolute Gasteiger partial charge is 0.468 e. The summed E-state index contributed by atoms with van der Waals surface area (Å²) in [6.07, 6.45) is 1.54. The number of carbonyl (C=O) groups excluding carboxylic acids is 3. The molecule has 25 heavy (non-hydrogen) atoms. The van der Waals surface area contributed by atoms with Crippen LogP contribution in [0.25, 0.3) is 0 Å². The summed E-state index contributed by atoms with van der Waals surface area (Å²) < 4.78 is 10.1. The van der Waals surface area contributed by atoms with Crippen molar-refractivity contribution in [3.8, 4) is 0 Å². The Kier molecular flexibility index (Phi) is 6.31. The minimum Gasteiger partial charge on any atom is -0.468 e. The molecule has 0 fully saturated rings. The number of thiophene rings is 1. The first-order valence-electron chi connectivity index (χ1n) is 7.57. The molecule has 0 saturated carbocycles. The van der Waals surface area contributed by atoms with E-state index in [-0.39, 0.29) is 34.5 Å². The van der Waals surface area contributed by atoms with Gasteiger partial charge in [-0.1, -0.05) is 0 Å². The predicted molar refractivity (Wildman–Crippen MR) is 92.6 cm³/mol. The van der Waals surface area contributed by atoms with E-state index in [0.29, 0.717) is 17.9 Å². The lowest BCUT2D eigenvalue weighted by molar-refractivity contribution is -0.115. The van der Waals surface area contributed by atoms with E-state index in [1.54, 1.807) is 32.2 Å². The summed E-state index contributed by atoms with van der Waals surface area (Å²) in [4.78, 5) is 35.9. The molecular formula is C16H19N3O5S. The standard InChI is InChI=1S/C16H19N3O5S/c1-3-23-16(22)12-9(2)13(14(17)21)25-15(12)19-11(20)8-18-7-10-5-4-6-24-10/h4-6,18H,3,7-8H2,1-2H3,(H2,17,21)(H,19,20). The number of nitrogens with two attached hydrogens (primary N) is 1. The highest BCUT2D eigenvalue weighted by molar-refractivity contribution is 7.18. The third-order valence-electron chi connectivity index (χ3n) is 3.27. The highest BCUT2D eigenvalue weighted by Crippen LogP contribution is 2.33. The van der Waals surface area contributed by atoms with E-state index in [2.05, 4.69) is 10.6 Å². The topological polar surface area (TPSA) is 124 Å². The van der Waals surface area contributed by atoms with E-state index in [9.17, 15) is 14.4 Å². The second-order valence-electron chi connectivity index (χ2n) is 5.08. The zero-order valence-corrected chi connectivity index (χ0v) is 14.7. The highest BCUT2D eigenvalue weighted by atomic mass is 32.1. The Bertz CT molecular complexity index is 767. The summed E-state index contributed by atoms with van der Waals surface area (Å²) in [5.41, 5.74) is 5.87. The fourth-order valence-corrected chi connectivity index (χ4v) is 3.23. The van der Waals surface area contributed by atoms with Crippen molar-refractivity contribution in [3.05, 3.63) is 40.2 Å². The minimum atomic E-state index is -0.663. The van der Waals surface area contributed by atoms with Crippen LogP contribution in [0.2, 0.25) is 0 Å². The minimum absolute atomic E-state index is 0.00577. The molecule has 9 heteroatoms. The molecule has 0 bridgehead atoms. The van der Waals surface area contributed by atoms with E-state index in [4.69, 9.17) is 14.9 Å². The van der Waals surface area contributed by atoms with Crippen LogP contribution in [0, 0.1) is 6.92 Å². The number of hydrogen-bond acceptors (Lipinski definition) is 7. The second-order valence-corrected chi connectivity index (χ2v) is 6.10. The lowest BCUT2D eigenvalue weighted by Crippen LogP contribution is -2.28. The molecule has 0 unspecified atom stereocenters. The Morgan fingerprint density at radius 2 is 2.12 bits per heavy atom. The van der Waals surface area contributed by atoms with Gasteiger partial charge in [0.25, 0.3) is 5.91 Å². The van der Waals surface area contributed by atoms with Crippen LogP contribution >= 0.6 is 11.3 Å². The number of anilines is 1. The van der Waals surface area contributed by atoms with Crippen molar-refractivity contribution >= 4 is 34.1 Å². The van der Waals surface area contributed by atoms with Gasteiger partial charge in [-0.25, -0.2) is 4.79 Å². The molecule has 0 aliphatic rings. The molecule has 0 aliphatic heterocycles. The van der Waals surface area contributed by atoms with E-state index in [1.807, 2.05) is 0 Å². The lowest BCUT2D eigenvalue weighted by atomic mass is 10.1. The summed E-state index contributed by atoms with van der Waals surface area (Å²) in [5.74, 6) is -0.940. The molecule has 2 aromatic heterocycles. The van der Waals surface area contributed by atoms with Gasteiger partial charge in [-0.3, -0.25) is 9.59 Å². The van der Waals surface area contributed by atoms with Crippen molar-refractivity contribution < 1.29 is 23.5 Å². The Morgan fingerprint density at radius 1 is 1.36 bits per heavy atom. The van der Waals surface area contributed by atoms with Crippen molar-refractivity contribution in [3.63, 3.8) is 0 Å². The summed E-state index contributed by atoms with van der Waals surface area (Å²) in [5, 5.41) is 5.79. The molecule has 0 aliphatic carbocycles. The Hall–Kier alpha value is -2.65. The van der Waals surface area contributed by atoms with Crippen molar-refractivity contribution in [1.82, 2.24) is 5.32 Å². The zero-order chi connectivity index (χ0) is 18.4. The number of amides is 2. The maximum Gasteiger partial charge on any atom is 0.341 e. The number of nitrogens with one attached hydrogen (secondary N) is 2. The summed E-state index contributed by atoms with van der Waals surface area (Å²) in [7, 11) is 0. The van der Waals surface area contributed by atoms with Crippen molar-refractivity contribution in [2.24, 2.45) is 5.73 Å². The molecule has 2 aromatic rings. The van der Waals surface area contributed by atoms with Crippen LogP contribution in [0.1, 0.15) is 38.3 Å². The van der Waals surface area contributed by atoms with E-state index < -0.39 is 11.9 Å². The van der Waals surface area contributed by atoms with Crippen LogP contribution in [-0.4, -0.2) is 30.9 Å². The quantitative estimate of drug-likeness (QED) is 0.611. The molecule has 2 amide bonds. The van der Waals surface area contributed by atoms with Crippen LogP contribution < -0.4 is 16.4 Å². The van der Waals surface area contributed by atoms with Gasteiger partial charge in [0.05, 0.1) is 36.4 Å². The SMILES string of the molecule is CCOC(=O)c1c(NC(=O)CNCc2ccco2)sc(C(N)=O)c1C. The Labute approximate surface area is 148 Å². The number of hydrogen-bond donors (Lipinski definition) is 3. The normalized spacial score (nSPS) is 10.5. The fraction of sp³-hybridized carbons (Fsp3) is 0.312.